The molecule has 0 saturated carbocycles. The monoisotopic (exact) mass is 240 g/mol. The zero-order valence-electron chi connectivity index (χ0n) is 9.75. The van der Waals surface area contributed by atoms with Crippen molar-refractivity contribution >= 4 is 25.3 Å². The fourth-order valence-corrected chi connectivity index (χ4v) is 1.04. The average Bonchev–Trinajstić information content (AvgIpc) is 2.19. The Kier molecular flexibility index (Phi) is 11.1. The summed E-state index contributed by atoms with van der Waals surface area (Å²) in [7, 11) is 0. The first kappa shape index (κ1) is 16.8. The quantitative estimate of drug-likeness (QED) is 0.504. The molecule has 0 aromatic heterocycles. The molecular weight excluding hydrogens is 220 g/mol. The first-order valence-electron chi connectivity index (χ1n) is 4.76. The van der Waals surface area contributed by atoms with Crippen molar-refractivity contribution in [1.29, 1.82) is 0 Å². The first-order valence-corrected chi connectivity index (χ1v) is 5.65. The van der Waals surface area contributed by atoms with Gasteiger partial charge in [-0.1, -0.05) is 39.7 Å². The van der Waals surface area contributed by atoms with Crippen molar-refractivity contribution in [2.75, 3.05) is 0 Å². The van der Waals surface area contributed by atoms with Crippen molar-refractivity contribution in [3.05, 3.63) is 58.9 Å². The van der Waals surface area contributed by atoms with E-state index in [2.05, 4.69) is 45.0 Å². The molecule has 0 unspecified atom stereocenters. The van der Waals surface area contributed by atoms with Crippen LogP contribution in [0.25, 0.3) is 0 Å². The molecule has 0 saturated heterocycles. The van der Waals surface area contributed by atoms with Crippen molar-refractivity contribution < 1.29 is 0 Å². The summed E-state index contributed by atoms with van der Waals surface area (Å²) in [5.41, 5.74) is 1.91. The predicted octanol–water partition coefficient (Wildman–Crippen LogP) is 4.96. The third-order valence-electron chi connectivity index (χ3n) is 1.42. The molecule has 0 aromatic rings. The average molecular weight is 240 g/mol. The second kappa shape index (κ2) is 9.94. The molecule has 2 heteroatoms. The minimum absolute atomic E-state index is 0.714. The van der Waals surface area contributed by atoms with E-state index in [0.29, 0.717) is 4.91 Å². The van der Waals surface area contributed by atoms with Crippen LogP contribution in [0.1, 0.15) is 20.8 Å². The molecule has 0 bridgehead atoms. The summed E-state index contributed by atoms with van der Waals surface area (Å²) in [6.07, 6.45) is 5.36. The highest BCUT2D eigenvalue weighted by atomic mass is 32.1. The molecule has 84 valence electrons. The van der Waals surface area contributed by atoms with Crippen molar-refractivity contribution in [3.63, 3.8) is 0 Å². The van der Waals surface area contributed by atoms with Gasteiger partial charge < -0.3 is 0 Å². The molecule has 15 heavy (non-hydrogen) atoms. The van der Waals surface area contributed by atoms with Gasteiger partial charge in [-0.25, -0.2) is 0 Å². The standard InChI is InChI=1S/C11H14S2.C2H6/c1-5-11(13)7-9(3)8(2)6-10(4)12;1-2/h5-7,12-13H,1,3-4H2,2H3;1-2H3/b8-6-,11-7+;. The second-order valence-corrected chi connectivity index (χ2v) is 3.71. The lowest BCUT2D eigenvalue weighted by Crippen LogP contribution is -1.79. The fraction of sp³-hybridized carbons (Fsp3) is 0.231. The van der Waals surface area contributed by atoms with Gasteiger partial charge in [0, 0.05) is 4.91 Å². The molecule has 0 fully saturated rings. The van der Waals surface area contributed by atoms with Crippen LogP contribution < -0.4 is 0 Å². The third-order valence-corrected chi connectivity index (χ3v) is 1.86. The van der Waals surface area contributed by atoms with Crippen molar-refractivity contribution in [1.82, 2.24) is 0 Å². The van der Waals surface area contributed by atoms with Crippen LogP contribution in [0.3, 0.4) is 0 Å². The molecule has 0 amide bonds. The number of hydrogen-bond donors (Lipinski definition) is 2. The van der Waals surface area contributed by atoms with Crippen LogP contribution in [0.4, 0.5) is 0 Å². The fourth-order valence-electron chi connectivity index (χ4n) is 0.694. The van der Waals surface area contributed by atoms with Crippen LogP contribution in [0.5, 0.6) is 0 Å². The van der Waals surface area contributed by atoms with Crippen molar-refractivity contribution in [3.8, 4) is 0 Å². The Morgan fingerprint density at radius 1 is 1.07 bits per heavy atom. The third kappa shape index (κ3) is 9.70. The van der Waals surface area contributed by atoms with Crippen LogP contribution in [0.2, 0.25) is 0 Å². The largest absolute Gasteiger partial charge is 0.144 e. The lowest BCUT2D eigenvalue weighted by atomic mass is 10.1. The van der Waals surface area contributed by atoms with Crippen LogP contribution in [0, 0.1) is 0 Å². The zero-order valence-corrected chi connectivity index (χ0v) is 11.5. The van der Waals surface area contributed by atoms with Crippen molar-refractivity contribution in [2.24, 2.45) is 0 Å². The van der Waals surface area contributed by atoms with Gasteiger partial charge in [-0.2, -0.15) is 0 Å². The smallest absolute Gasteiger partial charge is 0.00399 e. The van der Waals surface area contributed by atoms with Gasteiger partial charge in [-0.3, -0.25) is 0 Å². The van der Waals surface area contributed by atoms with Gasteiger partial charge in [0.05, 0.1) is 0 Å². The van der Waals surface area contributed by atoms with E-state index in [-0.39, 0.29) is 0 Å². The molecular formula is C13H20S2. The number of allylic oxidation sites excluding steroid dienone is 5. The van der Waals surface area contributed by atoms with Gasteiger partial charge >= 0.3 is 0 Å². The predicted molar refractivity (Wildman–Crippen MR) is 79.6 cm³/mol. The minimum Gasteiger partial charge on any atom is -0.144 e. The van der Waals surface area contributed by atoms with E-state index in [9.17, 15) is 0 Å². The Bertz CT molecular complexity index is 294. The lowest BCUT2D eigenvalue weighted by Gasteiger charge is -2.00. The maximum atomic E-state index is 4.17. The Morgan fingerprint density at radius 3 is 1.87 bits per heavy atom. The molecule has 0 N–H and O–H groups in total. The summed E-state index contributed by atoms with van der Waals surface area (Å²) in [5.74, 6) is 0. The number of hydrogen-bond acceptors (Lipinski definition) is 2. The summed E-state index contributed by atoms with van der Waals surface area (Å²) in [6, 6.07) is 0. The maximum Gasteiger partial charge on any atom is 0.00399 e. The van der Waals surface area contributed by atoms with Gasteiger partial charge in [0.25, 0.3) is 0 Å². The van der Waals surface area contributed by atoms with Gasteiger partial charge in [0.2, 0.25) is 0 Å². The van der Waals surface area contributed by atoms with Gasteiger partial charge in [0.1, 0.15) is 0 Å². The molecule has 0 radical (unpaired) electrons. The van der Waals surface area contributed by atoms with Crippen LogP contribution in [0.15, 0.2) is 58.9 Å². The summed E-state index contributed by atoms with van der Waals surface area (Å²) in [5, 5.41) is 0. The Hall–Kier alpha value is -0.600. The Morgan fingerprint density at radius 2 is 1.53 bits per heavy atom. The van der Waals surface area contributed by atoms with E-state index in [1.54, 1.807) is 6.08 Å². The summed E-state index contributed by atoms with van der Waals surface area (Å²) < 4.78 is 0. The van der Waals surface area contributed by atoms with E-state index in [1.165, 1.54) is 0 Å². The maximum absolute atomic E-state index is 4.17. The summed E-state index contributed by atoms with van der Waals surface area (Å²) >= 11 is 8.24. The number of thiol groups is 2. The number of rotatable bonds is 4. The summed E-state index contributed by atoms with van der Waals surface area (Å²) in [4.78, 5) is 1.51. The molecule has 0 aromatic carbocycles. The van der Waals surface area contributed by atoms with E-state index in [4.69, 9.17) is 0 Å². The molecule has 0 nitrogen and oxygen atoms in total. The topological polar surface area (TPSA) is 0 Å². The molecule has 0 spiro atoms. The molecule has 0 aliphatic rings. The first-order chi connectivity index (χ1) is 6.97. The van der Waals surface area contributed by atoms with Crippen LogP contribution in [-0.2, 0) is 0 Å². The van der Waals surface area contributed by atoms with E-state index in [0.717, 1.165) is 16.1 Å². The lowest BCUT2D eigenvalue weighted by molar-refractivity contribution is 1.44. The molecule has 0 aliphatic heterocycles. The molecule has 0 heterocycles. The SMILES string of the molecule is C=C/C(S)=C\C(=C)/C(C)=C\C(=C)S.CC. The van der Waals surface area contributed by atoms with E-state index >= 15 is 0 Å². The van der Waals surface area contributed by atoms with Gasteiger partial charge in [-0.15, -0.1) is 25.3 Å². The van der Waals surface area contributed by atoms with E-state index in [1.807, 2.05) is 32.9 Å². The van der Waals surface area contributed by atoms with Gasteiger partial charge in [-0.05, 0) is 35.1 Å². The Labute approximate surface area is 105 Å². The highest BCUT2D eigenvalue weighted by Crippen LogP contribution is 2.15. The normalized spacial score (nSPS) is 11.3. The highest BCUT2D eigenvalue weighted by Gasteiger charge is 1.93. The minimum atomic E-state index is 0.714. The zero-order chi connectivity index (χ0) is 12.4. The molecule has 0 rings (SSSR count). The van der Waals surface area contributed by atoms with E-state index < -0.39 is 0 Å². The second-order valence-electron chi connectivity index (χ2n) is 2.62. The molecule has 0 aliphatic carbocycles. The summed E-state index contributed by atoms with van der Waals surface area (Å²) in [6.45, 7) is 17.1. The van der Waals surface area contributed by atoms with Crippen molar-refractivity contribution in [2.45, 2.75) is 20.8 Å². The molecule has 0 atom stereocenters. The van der Waals surface area contributed by atoms with Crippen LogP contribution in [-0.4, -0.2) is 0 Å². The Balaban J connectivity index is 0. The highest BCUT2D eigenvalue weighted by molar-refractivity contribution is 7.84. The van der Waals surface area contributed by atoms with Crippen LogP contribution >= 0.6 is 25.3 Å². The van der Waals surface area contributed by atoms with Gasteiger partial charge in [0.15, 0.2) is 0 Å².